The maximum atomic E-state index is 14.0. The molecule has 9 nitrogen and oxygen atoms in total. The van der Waals surface area contributed by atoms with Crippen LogP contribution in [0.4, 0.5) is 11.6 Å². The van der Waals surface area contributed by atoms with Crippen molar-refractivity contribution in [1.82, 2.24) is 14.5 Å². The zero-order valence-corrected chi connectivity index (χ0v) is 27.7. The van der Waals surface area contributed by atoms with E-state index in [1.165, 1.54) is 6.42 Å². The van der Waals surface area contributed by atoms with Crippen LogP contribution >= 0.6 is 23.2 Å². The summed E-state index contributed by atoms with van der Waals surface area (Å²) in [6.45, 7) is 11.2. The smallest absolute Gasteiger partial charge is 0.262 e. The molecule has 4 atom stereocenters. The zero-order valence-electron chi connectivity index (χ0n) is 26.2. The number of aryl methyl sites for hydroxylation is 1. The molecule has 3 heterocycles. The number of morpholine rings is 1. The number of nitrogens with one attached hydrogen (secondary N) is 1. The molecule has 0 radical (unpaired) electrons. The van der Waals surface area contributed by atoms with Gasteiger partial charge in [-0.3, -0.25) is 9.36 Å². The maximum Gasteiger partial charge on any atom is 0.262 e. The number of likely N-dealkylation sites (tertiary alicyclic amines) is 1. The molecule has 2 saturated heterocycles. The topological polar surface area (TPSA) is 95.2 Å². The Hall–Kier alpha value is -2.85. The van der Waals surface area contributed by atoms with Gasteiger partial charge in [0.05, 0.1) is 36.3 Å². The van der Waals surface area contributed by atoms with Crippen molar-refractivity contribution in [3.8, 4) is 0 Å². The van der Waals surface area contributed by atoms with E-state index in [0.29, 0.717) is 102 Å². The number of nitrogens with zero attached hydrogens (tertiary/aromatic N) is 5. The molecule has 2 aliphatic heterocycles. The minimum Gasteiger partial charge on any atom is -0.389 e. The molecular weight excluding hydrogens is 611 g/mol. The standard InChI is InChI=1S/C34H42Cl2N6O3/c1-20-27-14-22(34(27,2)3)15-29(20)38-32(41-18-25(43)19-41)37-24-6-7-26-30(17-24)39-33(40-10-12-45-13-11-40)42(31(26)44)9-8-21-4-5-23(35)16-28(21)36/h4-7,16-17,20,22,25,27,29,43H,8-15,18-19H2,1-3H3,(H,37,38)/t20-,22-,27+,29-/m0/s1. The lowest BCUT2D eigenvalue weighted by molar-refractivity contribution is -0.108. The summed E-state index contributed by atoms with van der Waals surface area (Å²) in [5.41, 5.74) is 2.68. The van der Waals surface area contributed by atoms with Crippen molar-refractivity contribution >= 4 is 51.7 Å². The van der Waals surface area contributed by atoms with Crippen LogP contribution in [0.25, 0.3) is 10.9 Å². The average Bonchev–Trinajstić information content (AvgIpc) is 3.00. The van der Waals surface area contributed by atoms with Crippen molar-refractivity contribution in [3.63, 3.8) is 0 Å². The van der Waals surface area contributed by atoms with Gasteiger partial charge in [-0.25, -0.2) is 9.98 Å². The van der Waals surface area contributed by atoms with Gasteiger partial charge in [-0.2, -0.15) is 0 Å². The summed E-state index contributed by atoms with van der Waals surface area (Å²) in [7, 11) is 0. The lowest BCUT2D eigenvalue weighted by atomic mass is 9.45. The van der Waals surface area contributed by atoms with Crippen LogP contribution in [0.2, 0.25) is 10.0 Å². The van der Waals surface area contributed by atoms with Gasteiger partial charge in [0.1, 0.15) is 0 Å². The molecular formula is C34H42Cl2N6O3. The molecule has 5 aliphatic rings. The lowest BCUT2D eigenvalue weighted by Crippen LogP contribution is -2.58. The van der Waals surface area contributed by atoms with Gasteiger partial charge in [0.2, 0.25) is 5.95 Å². The van der Waals surface area contributed by atoms with Crippen LogP contribution in [0.1, 0.15) is 39.2 Å². The second-order valence-corrected chi connectivity index (χ2v) is 14.7. The molecule has 0 unspecified atom stereocenters. The highest BCUT2D eigenvalue weighted by molar-refractivity contribution is 6.35. The Balaban J connectivity index is 1.20. The monoisotopic (exact) mass is 652 g/mol. The van der Waals surface area contributed by atoms with Gasteiger partial charge in [0.15, 0.2) is 5.96 Å². The fourth-order valence-corrected chi connectivity index (χ4v) is 8.35. The Morgan fingerprint density at radius 3 is 2.60 bits per heavy atom. The zero-order chi connectivity index (χ0) is 31.5. The van der Waals surface area contributed by atoms with Gasteiger partial charge in [0.25, 0.3) is 5.56 Å². The third-order valence-electron chi connectivity index (χ3n) is 10.9. The average molecular weight is 654 g/mol. The van der Waals surface area contributed by atoms with Crippen molar-refractivity contribution in [3.05, 3.63) is 62.4 Å². The van der Waals surface area contributed by atoms with Crippen molar-refractivity contribution in [2.75, 3.05) is 49.6 Å². The number of β-amino-alcohol motifs (C(OH)–C–C–N with tert-alkyl or cyclic N) is 1. The Bertz CT molecular complexity index is 1680. The van der Waals surface area contributed by atoms with E-state index in [2.05, 4.69) is 35.9 Å². The summed E-state index contributed by atoms with van der Waals surface area (Å²) >= 11 is 12.6. The number of halogens is 2. The van der Waals surface area contributed by atoms with E-state index >= 15 is 0 Å². The number of aliphatic hydroxyl groups excluding tert-OH is 1. The Labute approximate surface area is 274 Å². The first kappa shape index (κ1) is 30.8. The second-order valence-electron chi connectivity index (χ2n) is 13.8. The molecule has 2 aromatic carbocycles. The van der Waals surface area contributed by atoms with Crippen molar-refractivity contribution < 1.29 is 9.84 Å². The van der Waals surface area contributed by atoms with Crippen LogP contribution in [-0.4, -0.2) is 77.1 Å². The molecule has 0 spiro atoms. The molecule has 2 N–H and O–H groups in total. The summed E-state index contributed by atoms with van der Waals surface area (Å²) in [5.74, 6) is 3.32. The summed E-state index contributed by atoms with van der Waals surface area (Å²) < 4.78 is 7.36. The van der Waals surface area contributed by atoms with Gasteiger partial charge < -0.3 is 25.0 Å². The third kappa shape index (κ3) is 5.81. The first-order valence-electron chi connectivity index (χ1n) is 16.2. The van der Waals surface area contributed by atoms with E-state index < -0.39 is 0 Å². The largest absolute Gasteiger partial charge is 0.389 e. The SMILES string of the molecule is C[C@@H]1[C@@H](/N=C(/Nc2ccc3c(=O)n(CCc4ccc(Cl)cc4Cl)c(N4CCOCC4)nc3c2)N2CC(O)C2)C[C@@H]2C[C@H]1C2(C)C. The van der Waals surface area contributed by atoms with E-state index in [0.717, 1.165) is 23.6 Å². The highest BCUT2D eigenvalue weighted by atomic mass is 35.5. The summed E-state index contributed by atoms with van der Waals surface area (Å²) in [6.07, 6.45) is 2.62. The van der Waals surface area contributed by atoms with Crippen LogP contribution in [0.3, 0.4) is 0 Å². The Kier molecular flexibility index (Phi) is 8.25. The van der Waals surface area contributed by atoms with E-state index in [4.69, 9.17) is 37.9 Å². The lowest BCUT2D eigenvalue weighted by Gasteiger charge is -2.61. The minimum atomic E-state index is -0.344. The number of hydrogen-bond donors (Lipinski definition) is 2. The number of anilines is 2. The number of aliphatic hydroxyl groups is 1. The number of aromatic nitrogens is 2. The molecule has 1 aromatic heterocycles. The van der Waals surface area contributed by atoms with E-state index in [1.807, 2.05) is 30.3 Å². The highest BCUT2D eigenvalue weighted by Gasteiger charge is 2.56. The number of guanidine groups is 1. The summed E-state index contributed by atoms with van der Waals surface area (Å²) in [4.78, 5) is 28.6. The van der Waals surface area contributed by atoms with E-state index in [9.17, 15) is 9.90 Å². The van der Waals surface area contributed by atoms with E-state index in [-0.39, 0.29) is 17.7 Å². The Morgan fingerprint density at radius 2 is 1.91 bits per heavy atom. The normalized spacial score (nSPS) is 26.5. The van der Waals surface area contributed by atoms with Gasteiger partial charge in [-0.1, -0.05) is 50.0 Å². The molecule has 45 heavy (non-hydrogen) atoms. The van der Waals surface area contributed by atoms with Crippen LogP contribution in [0.15, 0.2) is 46.2 Å². The van der Waals surface area contributed by atoms with Gasteiger partial charge in [-0.15, -0.1) is 0 Å². The predicted octanol–water partition coefficient (Wildman–Crippen LogP) is 5.30. The van der Waals surface area contributed by atoms with Gasteiger partial charge in [-0.05, 0) is 78.3 Å². The summed E-state index contributed by atoms with van der Waals surface area (Å²) in [5, 5.41) is 15.4. The third-order valence-corrected chi connectivity index (χ3v) is 11.5. The number of benzene rings is 2. The minimum absolute atomic E-state index is 0.0873. The van der Waals surface area contributed by atoms with Crippen LogP contribution in [0, 0.1) is 23.2 Å². The molecule has 240 valence electrons. The fraction of sp³-hybridized carbons (Fsp3) is 0.559. The predicted molar refractivity (Wildman–Crippen MR) is 181 cm³/mol. The number of aliphatic imine (C=N–C) groups is 1. The number of ether oxygens (including phenoxy) is 1. The molecule has 2 bridgehead atoms. The van der Waals surface area contributed by atoms with Crippen molar-refractivity contribution in [2.45, 2.75) is 58.7 Å². The van der Waals surface area contributed by atoms with Gasteiger partial charge in [0, 0.05) is 48.5 Å². The quantitative estimate of drug-likeness (QED) is 0.276. The molecule has 8 rings (SSSR count). The van der Waals surface area contributed by atoms with Crippen molar-refractivity contribution in [1.29, 1.82) is 0 Å². The highest BCUT2D eigenvalue weighted by Crippen LogP contribution is 2.61. The van der Waals surface area contributed by atoms with E-state index in [1.54, 1.807) is 10.6 Å². The summed E-state index contributed by atoms with van der Waals surface area (Å²) in [6, 6.07) is 11.4. The second kappa shape index (κ2) is 12.1. The number of hydrogen-bond acceptors (Lipinski definition) is 6. The van der Waals surface area contributed by atoms with Crippen LogP contribution in [0.5, 0.6) is 0 Å². The molecule has 0 amide bonds. The first-order valence-corrected chi connectivity index (χ1v) is 16.9. The Morgan fingerprint density at radius 1 is 1.13 bits per heavy atom. The number of rotatable bonds is 6. The van der Waals surface area contributed by atoms with Gasteiger partial charge >= 0.3 is 0 Å². The molecule has 3 aliphatic carbocycles. The van der Waals surface area contributed by atoms with Crippen LogP contribution in [-0.2, 0) is 17.7 Å². The maximum absolute atomic E-state index is 14.0. The fourth-order valence-electron chi connectivity index (χ4n) is 7.85. The number of fused-ring (bicyclic) bond motifs is 3. The molecule has 5 fully saturated rings. The molecule has 3 aromatic rings. The van der Waals surface area contributed by atoms with Crippen LogP contribution < -0.4 is 15.8 Å². The first-order chi connectivity index (χ1) is 21.6. The molecule has 11 heteroatoms. The van der Waals surface area contributed by atoms with Crippen molar-refractivity contribution in [2.24, 2.45) is 28.2 Å². The molecule has 3 saturated carbocycles.